The molecule has 4 aromatic rings. The molecule has 0 saturated heterocycles. The van der Waals surface area contributed by atoms with Gasteiger partial charge in [-0.05, 0) is 47.5 Å². The number of fused-ring (bicyclic) bond motifs is 1. The van der Waals surface area contributed by atoms with E-state index in [2.05, 4.69) is 10.2 Å². The average Bonchev–Trinajstić information content (AvgIpc) is 2.85. The first kappa shape index (κ1) is 23.1. The third-order valence-corrected chi connectivity index (χ3v) is 5.57. The van der Waals surface area contributed by atoms with Crippen LogP contribution in [0.2, 0.25) is 5.02 Å². The summed E-state index contributed by atoms with van der Waals surface area (Å²) in [5.41, 5.74) is 1.95. The van der Waals surface area contributed by atoms with Gasteiger partial charge in [0, 0.05) is 17.9 Å². The highest BCUT2D eigenvalue weighted by Crippen LogP contribution is 2.37. The van der Waals surface area contributed by atoms with Gasteiger partial charge in [0.15, 0.2) is 11.5 Å². The zero-order valence-electron chi connectivity index (χ0n) is 18.5. The van der Waals surface area contributed by atoms with E-state index in [0.717, 1.165) is 16.6 Å². The Morgan fingerprint density at radius 3 is 2.59 bits per heavy atom. The van der Waals surface area contributed by atoms with Gasteiger partial charge >= 0.3 is 5.97 Å². The second-order valence-electron chi connectivity index (χ2n) is 7.33. The molecule has 0 radical (unpaired) electrons. The second kappa shape index (κ2) is 10.2. The van der Waals surface area contributed by atoms with Crippen LogP contribution in [0.15, 0.2) is 71.5 Å². The van der Waals surface area contributed by atoms with Crippen LogP contribution >= 0.6 is 11.6 Å². The van der Waals surface area contributed by atoms with Gasteiger partial charge in [0.2, 0.25) is 0 Å². The predicted molar refractivity (Wildman–Crippen MR) is 131 cm³/mol. The first-order valence-electron chi connectivity index (χ1n) is 10.4. The van der Waals surface area contributed by atoms with Gasteiger partial charge in [0.1, 0.15) is 5.75 Å². The van der Waals surface area contributed by atoms with Crippen LogP contribution in [0.3, 0.4) is 0 Å². The number of hydrogen-bond donors (Lipinski definition) is 1. The summed E-state index contributed by atoms with van der Waals surface area (Å²) in [7, 11) is 3.01. The standard InChI is InChI=1S/C26H21ClN2O5/c1-32-22-12-10-17(24(27)25(22)33-2)11-13-23(30)34-18-7-5-6-16(14-18)15-21-19-8-3-4-9-20(19)26(31)29-28-21/h3-14H,15H2,1-2H3,(H,29,31)/b13-11+. The van der Waals surface area contributed by atoms with Gasteiger partial charge in [0.25, 0.3) is 5.56 Å². The molecule has 3 aromatic carbocycles. The Hall–Kier alpha value is -4.10. The maximum absolute atomic E-state index is 12.4. The van der Waals surface area contributed by atoms with Crippen LogP contribution in [0.4, 0.5) is 0 Å². The fourth-order valence-corrected chi connectivity index (χ4v) is 3.86. The summed E-state index contributed by atoms with van der Waals surface area (Å²) < 4.78 is 15.9. The summed E-state index contributed by atoms with van der Waals surface area (Å²) in [5, 5.41) is 8.42. The number of benzene rings is 3. The largest absolute Gasteiger partial charge is 0.493 e. The van der Waals surface area contributed by atoms with Crippen molar-refractivity contribution in [3.8, 4) is 17.2 Å². The van der Waals surface area contributed by atoms with Gasteiger partial charge in [-0.2, -0.15) is 5.10 Å². The highest BCUT2D eigenvalue weighted by Gasteiger charge is 2.12. The molecule has 0 aliphatic carbocycles. The highest BCUT2D eigenvalue weighted by molar-refractivity contribution is 6.33. The molecule has 1 N–H and O–H groups in total. The zero-order valence-corrected chi connectivity index (χ0v) is 19.3. The number of nitrogens with one attached hydrogen (secondary N) is 1. The topological polar surface area (TPSA) is 90.5 Å². The Bertz CT molecular complexity index is 1450. The number of aromatic amines is 1. The molecule has 0 aliphatic rings. The van der Waals surface area contributed by atoms with Gasteiger partial charge in [0.05, 0.1) is 30.3 Å². The number of carbonyl (C=O) groups excluding carboxylic acids is 1. The summed E-state index contributed by atoms with van der Waals surface area (Å²) in [5.74, 6) is 0.708. The monoisotopic (exact) mass is 476 g/mol. The lowest BCUT2D eigenvalue weighted by molar-refractivity contribution is -0.128. The number of aromatic nitrogens is 2. The lowest BCUT2D eigenvalue weighted by Crippen LogP contribution is -2.11. The molecule has 0 spiro atoms. The van der Waals surface area contributed by atoms with Gasteiger partial charge in [-0.25, -0.2) is 9.89 Å². The van der Waals surface area contributed by atoms with E-state index in [1.807, 2.05) is 24.3 Å². The van der Waals surface area contributed by atoms with Crippen molar-refractivity contribution >= 4 is 34.4 Å². The fraction of sp³-hybridized carbons (Fsp3) is 0.115. The molecule has 1 aromatic heterocycles. The Morgan fingerprint density at radius 1 is 1.03 bits per heavy atom. The zero-order chi connectivity index (χ0) is 24.1. The normalized spacial score (nSPS) is 11.0. The molecule has 8 heteroatoms. The van der Waals surface area contributed by atoms with E-state index in [4.69, 9.17) is 25.8 Å². The average molecular weight is 477 g/mol. The van der Waals surface area contributed by atoms with Crippen molar-refractivity contribution in [3.05, 3.63) is 98.9 Å². The molecule has 1 heterocycles. The maximum Gasteiger partial charge on any atom is 0.336 e. The molecular weight excluding hydrogens is 456 g/mol. The summed E-state index contributed by atoms with van der Waals surface area (Å²) in [6.45, 7) is 0. The van der Waals surface area contributed by atoms with Crippen molar-refractivity contribution in [1.82, 2.24) is 10.2 Å². The van der Waals surface area contributed by atoms with E-state index in [-0.39, 0.29) is 5.56 Å². The van der Waals surface area contributed by atoms with Gasteiger partial charge < -0.3 is 14.2 Å². The minimum absolute atomic E-state index is 0.233. The molecule has 0 saturated carbocycles. The number of methoxy groups -OCH3 is 2. The molecule has 4 rings (SSSR count). The smallest absolute Gasteiger partial charge is 0.336 e. The maximum atomic E-state index is 12.4. The molecule has 7 nitrogen and oxygen atoms in total. The van der Waals surface area contributed by atoms with Crippen molar-refractivity contribution in [2.75, 3.05) is 14.2 Å². The van der Waals surface area contributed by atoms with E-state index in [9.17, 15) is 9.59 Å². The van der Waals surface area contributed by atoms with Crippen LogP contribution < -0.4 is 19.8 Å². The number of esters is 1. The van der Waals surface area contributed by atoms with Crippen molar-refractivity contribution < 1.29 is 19.0 Å². The highest BCUT2D eigenvalue weighted by atomic mass is 35.5. The van der Waals surface area contributed by atoms with Gasteiger partial charge in [-0.3, -0.25) is 4.79 Å². The predicted octanol–water partition coefficient (Wildman–Crippen LogP) is 4.80. The number of ether oxygens (including phenoxy) is 3. The molecule has 0 amide bonds. The third kappa shape index (κ3) is 4.94. The number of halogens is 1. The first-order chi connectivity index (χ1) is 16.5. The van der Waals surface area contributed by atoms with Crippen molar-refractivity contribution in [3.63, 3.8) is 0 Å². The lowest BCUT2D eigenvalue weighted by Gasteiger charge is -2.10. The molecular formula is C26H21ClN2O5. The Balaban J connectivity index is 1.50. The van der Waals surface area contributed by atoms with Gasteiger partial charge in [-0.15, -0.1) is 0 Å². The number of nitrogens with zero attached hydrogens (tertiary/aromatic N) is 1. The lowest BCUT2D eigenvalue weighted by atomic mass is 10.0. The Labute approximate surface area is 200 Å². The minimum atomic E-state index is -0.560. The third-order valence-electron chi connectivity index (χ3n) is 5.18. The fourth-order valence-electron chi connectivity index (χ4n) is 3.56. The minimum Gasteiger partial charge on any atom is -0.493 e. The molecule has 172 valence electrons. The SMILES string of the molecule is COc1ccc(/C=C/C(=O)Oc2cccc(Cc3n[nH]c(=O)c4ccccc34)c2)c(Cl)c1OC. The van der Waals surface area contributed by atoms with Crippen LogP contribution in [0.5, 0.6) is 17.2 Å². The number of H-pyrrole nitrogens is 1. The first-order valence-corrected chi connectivity index (χ1v) is 10.7. The molecule has 0 unspecified atom stereocenters. The number of rotatable bonds is 7. The van der Waals surface area contributed by atoms with Crippen molar-refractivity contribution in [2.24, 2.45) is 0 Å². The molecule has 0 atom stereocenters. The van der Waals surface area contributed by atoms with Crippen LogP contribution in [0, 0.1) is 0 Å². The van der Waals surface area contributed by atoms with Crippen LogP contribution in [0.1, 0.15) is 16.8 Å². The molecule has 0 aliphatic heterocycles. The van der Waals surface area contributed by atoms with E-state index < -0.39 is 5.97 Å². The van der Waals surface area contributed by atoms with Crippen LogP contribution in [-0.2, 0) is 11.2 Å². The Morgan fingerprint density at radius 2 is 1.82 bits per heavy atom. The van der Waals surface area contributed by atoms with Crippen LogP contribution in [-0.4, -0.2) is 30.4 Å². The van der Waals surface area contributed by atoms with E-state index in [0.29, 0.717) is 39.6 Å². The molecule has 0 fully saturated rings. The summed E-state index contributed by atoms with van der Waals surface area (Å²) in [4.78, 5) is 24.4. The van der Waals surface area contributed by atoms with E-state index in [1.54, 1.807) is 42.5 Å². The van der Waals surface area contributed by atoms with E-state index >= 15 is 0 Å². The summed E-state index contributed by atoms with van der Waals surface area (Å²) in [6.07, 6.45) is 3.30. The van der Waals surface area contributed by atoms with Crippen molar-refractivity contribution in [1.29, 1.82) is 0 Å². The molecule has 0 bridgehead atoms. The quantitative estimate of drug-likeness (QED) is 0.234. The second-order valence-corrected chi connectivity index (χ2v) is 7.71. The Kier molecular flexibility index (Phi) is 6.94. The summed E-state index contributed by atoms with van der Waals surface area (Å²) >= 11 is 6.35. The molecule has 34 heavy (non-hydrogen) atoms. The van der Waals surface area contributed by atoms with Gasteiger partial charge in [-0.1, -0.05) is 41.9 Å². The number of carbonyl (C=O) groups is 1. The van der Waals surface area contributed by atoms with Crippen LogP contribution in [0.25, 0.3) is 16.8 Å². The summed E-state index contributed by atoms with van der Waals surface area (Å²) in [6, 6.07) is 17.9. The van der Waals surface area contributed by atoms with Crippen molar-refractivity contribution in [2.45, 2.75) is 6.42 Å². The van der Waals surface area contributed by atoms with E-state index in [1.165, 1.54) is 20.3 Å². The number of hydrogen-bond acceptors (Lipinski definition) is 6.